The van der Waals surface area contributed by atoms with E-state index in [0.717, 1.165) is 38.9 Å². The summed E-state index contributed by atoms with van der Waals surface area (Å²) < 4.78 is 19.8. The molecule has 1 N–H and O–H groups in total. The monoisotopic (exact) mass is 442 g/mol. The molecule has 0 spiro atoms. The van der Waals surface area contributed by atoms with Crippen molar-refractivity contribution in [3.63, 3.8) is 0 Å². The highest BCUT2D eigenvalue weighted by atomic mass is 32.1. The standard InChI is InChI=1S/C23H23FN2O4S/c24-17-4-7-19-20(14-17)31-22(25-19)21(27)15-8-11-26(12-9-15)10-1-13-30-18-5-2-16(3-6-18)23(28)29/h2-7,14-15H,1,8-13H2,(H,28,29). The van der Waals surface area contributed by atoms with E-state index in [9.17, 15) is 14.0 Å². The molecule has 0 bridgehead atoms. The van der Waals surface area contributed by atoms with Crippen LogP contribution in [0.25, 0.3) is 10.2 Å². The molecule has 1 aliphatic heterocycles. The minimum atomic E-state index is -0.953. The predicted molar refractivity (Wildman–Crippen MR) is 117 cm³/mol. The van der Waals surface area contributed by atoms with Crippen LogP contribution in [0.1, 0.15) is 39.4 Å². The van der Waals surface area contributed by atoms with Crippen LogP contribution in [0.3, 0.4) is 0 Å². The van der Waals surface area contributed by atoms with Gasteiger partial charge in [0.2, 0.25) is 0 Å². The maximum absolute atomic E-state index is 13.4. The number of benzene rings is 2. The van der Waals surface area contributed by atoms with Gasteiger partial charge in [-0.3, -0.25) is 4.79 Å². The number of fused-ring (bicyclic) bond motifs is 1. The molecule has 8 heteroatoms. The number of thiazole rings is 1. The largest absolute Gasteiger partial charge is 0.494 e. The smallest absolute Gasteiger partial charge is 0.335 e. The highest BCUT2D eigenvalue weighted by Crippen LogP contribution is 2.28. The van der Waals surface area contributed by atoms with Crippen LogP contribution in [0, 0.1) is 11.7 Å². The number of halogens is 1. The molecule has 1 aliphatic rings. The molecule has 4 rings (SSSR count). The van der Waals surface area contributed by atoms with Crippen molar-refractivity contribution >= 4 is 33.3 Å². The zero-order valence-corrected chi connectivity index (χ0v) is 17.7. The van der Waals surface area contributed by atoms with Crippen molar-refractivity contribution in [2.75, 3.05) is 26.2 Å². The Morgan fingerprint density at radius 3 is 2.61 bits per heavy atom. The lowest BCUT2D eigenvalue weighted by Crippen LogP contribution is -2.37. The van der Waals surface area contributed by atoms with E-state index < -0.39 is 5.97 Å². The van der Waals surface area contributed by atoms with Crippen molar-refractivity contribution < 1.29 is 23.8 Å². The van der Waals surface area contributed by atoms with Crippen molar-refractivity contribution in [1.29, 1.82) is 0 Å². The Labute approximate surface area is 183 Å². The summed E-state index contributed by atoms with van der Waals surface area (Å²) in [5.41, 5.74) is 0.910. The van der Waals surface area contributed by atoms with Crippen LogP contribution in [-0.2, 0) is 0 Å². The molecule has 0 saturated carbocycles. The summed E-state index contributed by atoms with van der Waals surface area (Å²) in [4.78, 5) is 30.4. The number of Topliss-reactive ketones (excluding diaryl/α,β-unsaturated/α-hetero) is 1. The lowest BCUT2D eigenvalue weighted by Gasteiger charge is -2.30. The molecule has 3 aromatic rings. The van der Waals surface area contributed by atoms with E-state index in [1.807, 2.05) is 0 Å². The quantitative estimate of drug-likeness (QED) is 0.409. The van der Waals surface area contributed by atoms with Gasteiger partial charge in [0.25, 0.3) is 0 Å². The van der Waals surface area contributed by atoms with Crippen molar-refractivity contribution in [1.82, 2.24) is 9.88 Å². The summed E-state index contributed by atoms with van der Waals surface area (Å²) in [6.07, 6.45) is 2.43. The minimum absolute atomic E-state index is 0.0364. The number of carboxylic acid groups (broad SMARTS) is 1. The Hall–Kier alpha value is -2.84. The fraction of sp³-hybridized carbons (Fsp3) is 0.348. The molecule has 2 heterocycles. The molecule has 0 atom stereocenters. The minimum Gasteiger partial charge on any atom is -0.494 e. The van der Waals surface area contributed by atoms with Gasteiger partial charge in [-0.2, -0.15) is 0 Å². The van der Waals surface area contributed by atoms with Crippen LogP contribution in [0.4, 0.5) is 4.39 Å². The number of aromatic nitrogens is 1. The number of hydrogen-bond donors (Lipinski definition) is 1. The van der Waals surface area contributed by atoms with Gasteiger partial charge in [0.1, 0.15) is 11.6 Å². The maximum Gasteiger partial charge on any atom is 0.335 e. The third-order valence-corrected chi connectivity index (χ3v) is 6.54. The summed E-state index contributed by atoms with van der Waals surface area (Å²) in [7, 11) is 0. The van der Waals surface area contributed by atoms with Crippen LogP contribution in [0.5, 0.6) is 5.75 Å². The van der Waals surface area contributed by atoms with Crippen molar-refractivity contribution in [2.24, 2.45) is 5.92 Å². The Morgan fingerprint density at radius 1 is 1.16 bits per heavy atom. The average molecular weight is 443 g/mol. The van der Waals surface area contributed by atoms with Crippen LogP contribution >= 0.6 is 11.3 Å². The van der Waals surface area contributed by atoms with Gasteiger partial charge in [-0.25, -0.2) is 14.2 Å². The SMILES string of the molecule is O=C(O)c1ccc(OCCCN2CCC(C(=O)c3nc4ccc(F)cc4s3)CC2)cc1. The van der Waals surface area contributed by atoms with Gasteiger partial charge in [-0.05, 0) is 74.8 Å². The summed E-state index contributed by atoms with van der Waals surface area (Å²) in [5, 5.41) is 9.38. The van der Waals surface area contributed by atoms with Gasteiger partial charge in [0.15, 0.2) is 10.8 Å². The average Bonchev–Trinajstić information content (AvgIpc) is 3.20. The van der Waals surface area contributed by atoms with Crippen LogP contribution in [0.2, 0.25) is 0 Å². The Morgan fingerprint density at radius 2 is 1.90 bits per heavy atom. The van der Waals surface area contributed by atoms with E-state index in [4.69, 9.17) is 9.84 Å². The second-order valence-corrected chi connectivity index (χ2v) is 8.67. The predicted octanol–water partition coefficient (Wildman–Crippen LogP) is 4.50. The molecule has 31 heavy (non-hydrogen) atoms. The number of carbonyl (C=O) groups excluding carboxylic acids is 1. The zero-order valence-electron chi connectivity index (χ0n) is 16.9. The number of ether oxygens (including phenoxy) is 1. The molecule has 1 fully saturated rings. The normalized spacial score (nSPS) is 15.3. The number of ketones is 1. The van der Waals surface area contributed by atoms with E-state index in [2.05, 4.69) is 9.88 Å². The highest BCUT2D eigenvalue weighted by molar-refractivity contribution is 7.20. The first-order valence-electron chi connectivity index (χ1n) is 10.3. The van der Waals surface area contributed by atoms with E-state index in [1.165, 1.54) is 35.6 Å². The molecule has 0 aliphatic carbocycles. The van der Waals surface area contributed by atoms with Crippen molar-refractivity contribution in [3.8, 4) is 5.75 Å². The Kier molecular flexibility index (Phi) is 6.58. The molecule has 2 aromatic carbocycles. The first kappa shape index (κ1) is 21.4. The highest BCUT2D eigenvalue weighted by Gasteiger charge is 2.27. The Bertz CT molecular complexity index is 1070. The van der Waals surface area contributed by atoms with Gasteiger partial charge in [0, 0.05) is 12.5 Å². The van der Waals surface area contributed by atoms with Gasteiger partial charge >= 0.3 is 5.97 Å². The number of hydrogen-bond acceptors (Lipinski definition) is 6. The first-order chi connectivity index (χ1) is 15.0. The van der Waals surface area contributed by atoms with E-state index in [-0.39, 0.29) is 23.1 Å². The third-order valence-electron chi connectivity index (χ3n) is 5.51. The summed E-state index contributed by atoms with van der Waals surface area (Å²) in [5.74, 6) is -0.583. The molecule has 0 unspecified atom stereocenters. The van der Waals surface area contributed by atoms with Crippen LogP contribution in [0.15, 0.2) is 42.5 Å². The van der Waals surface area contributed by atoms with Gasteiger partial charge in [-0.15, -0.1) is 11.3 Å². The second kappa shape index (κ2) is 9.53. The Balaban J connectivity index is 1.20. The summed E-state index contributed by atoms with van der Waals surface area (Å²) >= 11 is 1.27. The van der Waals surface area contributed by atoms with Gasteiger partial charge < -0.3 is 14.7 Å². The number of rotatable bonds is 8. The molecule has 6 nitrogen and oxygen atoms in total. The van der Waals surface area contributed by atoms with Gasteiger partial charge in [-0.1, -0.05) is 0 Å². The number of piperidine rings is 1. The lowest BCUT2D eigenvalue weighted by atomic mass is 9.92. The molecular formula is C23H23FN2O4S. The van der Waals surface area contributed by atoms with Crippen LogP contribution < -0.4 is 4.74 Å². The number of likely N-dealkylation sites (tertiary alicyclic amines) is 1. The molecule has 0 radical (unpaired) electrons. The molecule has 1 saturated heterocycles. The fourth-order valence-corrected chi connectivity index (χ4v) is 4.78. The summed E-state index contributed by atoms with van der Waals surface area (Å²) in [6, 6.07) is 10.8. The third kappa shape index (κ3) is 5.26. The van der Waals surface area contributed by atoms with Crippen molar-refractivity contribution in [3.05, 3.63) is 58.9 Å². The van der Waals surface area contributed by atoms with E-state index >= 15 is 0 Å². The lowest BCUT2D eigenvalue weighted by molar-refractivity contribution is 0.0696. The fourth-order valence-electron chi connectivity index (χ4n) is 3.77. The molecule has 0 amide bonds. The number of carbonyl (C=O) groups is 2. The van der Waals surface area contributed by atoms with E-state index in [1.54, 1.807) is 18.2 Å². The number of carboxylic acids is 1. The molecule has 162 valence electrons. The van der Waals surface area contributed by atoms with Crippen LogP contribution in [-0.4, -0.2) is 53.0 Å². The van der Waals surface area contributed by atoms with Crippen molar-refractivity contribution in [2.45, 2.75) is 19.3 Å². The zero-order chi connectivity index (χ0) is 21.8. The number of aromatic carboxylic acids is 1. The van der Waals surface area contributed by atoms with E-state index in [0.29, 0.717) is 27.6 Å². The molecule has 1 aromatic heterocycles. The first-order valence-corrected chi connectivity index (χ1v) is 11.1. The van der Waals surface area contributed by atoms with Gasteiger partial charge in [0.05, 0.1) is 22.4 Å². The maximum atomic E-state index is 13.4. The molecular weight excluding hydrogens is 419 g/mol. The topological polar surface area (TPSA) is 79.7 Å². The summed E-state index contributed by atoms with van der Waals surface area (Å²) in [6.45, 7) is 3.13. The second-order valence-electron chi connectivity index (χ2n) is 7.64. The number of nitrogens with zero attached hydrogens (tertiary/aromatic N) is 2.